The number of aromatic carboxylic acids is 1. The van der Waals surface area contributed by atoms with Crippen LogP contribution in [0.2, 0.25) is 0 Å². The zero-order valence-electron chi connectivity index (χ0n) is 10.9. The van der Waals surface area contributed by atoms with Gasteiger partial charge in [-0.3, -0.25) is 0 Å². The molecule has 98 valence electrons. The second kappa shape index (κ2) is 5.17. The van der Waals surface area contributed by atoms with E-state index in [9.17, 15) is 4.79 Å². The highest BCUT2D eigenvalue weighted by atomic mass is 16.4. The zero-order chi connectivity index (χ0) is 13.9. The SMILES string of the molecule is O=C(O)c1ccc(Cc2ccc3ccccc3c2)cc1. The quantitative estimate of drug-likeness (QED) is 0.770. The lowest BCUT2D eigenvalue weighted by Gasteiger charge is -2.05. The Morgan fingerprint density at radius 3 is 2.15 bits per heavy atom. The molecule has 20 heavy (non-hydrogen) atoms. The first kappa shape index (κ1) is 12.4. The van der Waals surface area contributed by atoms with Crippen LogP contribution >= 0.6 is 0 Å². The van der Waals surface area contributed by atoms with Crippen molar-refractivity contribution in [2.45, 2.75) is 6.42 Å². The minimum Gasteiger partial charge on any atom is -0.478 e. The van der Waals surface area contributed by atoms with Crippen molar-refractivity contribution in [3.63, 3.8) is 0 Å². The highest BCUT2D eigenvalue weighted by molar-refractivity contribution is 5.87. The van der Waals surface area contributed by atoms with Gasteiger partial charge in [-0.05, 0) is 40.5 Å². The third-order valence-corrected chi connectivity index (χ3v) is 3.42. The van der Waals surface area contributed by atoms with Gasteiger partial charge in [-0.1, -0.05) is 54.6 Å². The third kappa shape index (κ3) is 2.54. The largest absolute Gasteiger partial charge is 0.478 e. The standard InChI is InChI=1S/C18H14O2/c19-18(20)16-9-5-13(6-10-16)11-14-7-8-15-3-1-2-4-17(15)12-14/h1-10,12H,11H2,(H,19,20). The van der Waals surface area contributed by atoms with E-state index in [0.29, 0.717) is 5.56 Å². The lowest BCUT2D eigenvalue weighted by atomic mass is 10.0. The predicted octanol–water partition coefficient (Wildman–Crippen LogP) is 4.13. The Morgan fingerprint density at radius 1 is 0.800 bits per heavy atom. The third-order valence-electron chi connectivity index (χ3n) is 3.42. The molecule has 3 aromatic rings. The van der Waals surface area contributed by atoms with Crippen LogP contribution in [-0.2, 0) is 6.42 Å². The van der Waals surface area contributed by atoms with Gasteiger partial charge in [0.05, 0.1) is 5.56 Å². The number of hydrogen-bond acceptors (Lipinski definition) is 1. The molecule has 0 heterocycles. The Labute approximate surface area is 117 Å². The molecule has 0 aliphatic heterocycles. The average Bonchev–Trinajstić information content (AvgIpc) is 2.48. The number of fused-ring (bicyclic) bond motifs is 1. The summed E-state index contributed by atoms with van der Waals surface area (Å²) in [6.45, 7) is 0. The molecule has 0 saturated carbocycles. The fourth-order valence-electron chi connectivity index (χ4n) is 2.35. The van der Waals surface area contributed by atoms with Crippen LogP contribution in [0.25, 0.3) is 10.8 Å². The number of carboxylic acid groups (broad SMARTS) is 1. The van der Waals surface area contributed by atoms with Gasteiger partial charge in [-0.25, -0.2) is 4.79 Å². The first-order valence-corrected chi connectivity index (χ1v) is 6.52. The Morgan fingerprint density at radius 2 is 1.45 bits per heavy atom. The van der Waals surface area contributed by atoms with Crippen molar-refractivity contribution in [1.82, 2.24) is 0 Å². The van der Waals surface area contributed by atoms with E-state index in [0.717, 1.165) is 12.0 Å². The normalized spacial score (nSPS) is 10.6. The van der Waals surface area contributed by atoms with Crippen molar-refractivity contribution >= 4 is 16.7 Å². The maximum atomic E-state index is 10.8. The molecule has 0 unspecified atom stereocenters. The van der Waals surface area contributed by atoms with Crippen LogP contribution in [0.15, 0.2) is 66.7 Å². The van der Waals surface area contributed by atoms with Crippen LogP contribution in [0, 0.1) is 0 Å². The maximum Gasteiger partial charge on any atom is 0.335 e. The number of hydrogen-bond donors (Lipinski definition) is 1. The van der Waals surface area contributed by atoms with Crippen LogP contribution < -0.4 is 0 Å². The van der Waals surface area contributed by atoms with Gasteiger partial charge in [-0.15, -0.1) is 0 Å². The highest BCUT2D eigenvalue weighted by Gasteiger charge is 2.03. The molecule has 3 aromatic carbocycles. The molecule has 0 aromatic heterocycles. The van der Waals surface area contributed by atoms with Crippen LogP contribution in [0.1, 0.15) is 21.5 Å². The lowest BCUT2D eigenvalue weighted by molar-refractivity contribution is 0.0697. The van der Waals surface area contributed by atoms with E-state index in [1.165, 1.54) is 16.3 Å². The Bertz CT molecular complexity index is 758. The molecule has 2 heteroatoms. The van der Waals surface area contributed by atoms with Crippen molar-refractivity contribution in [3.8, 4) is 0 Å². The van der Waals surface area contributed by atoms with E-state index < -0.39 is 5.97 Å². The van der Waals surface area contributed by atoms with E-state index in [2.05, 4.69) is 30.3 Å². The molecule has 0 saturated heterocycles. The second-order valence-electron chi connectivity index (χ2n) is 4.86. The monoisotopic (exact) mass is 262 g/mol. The second-order valence-corrected chi connectivity index (χ2v) is 4.86. The lowest BCUT2D eigenvalue weighted by Crippen LogP contribution is -1.96. The van der Waals surface area contributed by atoms with Crippen molar-refractivity contribution in [2.75, 3.05) is 0 Å². The Kier molecular flexibility index (Phi) is 3.21. The van der Waals surface area contributed by atoms with Gasteiger partial charge >= 0.3 is 5.97 Å². The number of carbonyl (C=O) groups is 1. The maximum absolute atomic E-state index is 10.8. The fourth-order valence-corrected chi connectivity index (χ4v) is 2.35. The van der Waals surface area contributed by atoms with Gasteiger partial charge in [0.1, 0.15) is 0 Å². The van der Waals surface area contributed by atoms with E-state index in [1.807, 2.05) is 24.3 Å². The van der Waals surface area contributed by atoms with Gasteiger partial charge in [-0.2, -0.15) is 0 Å². The average molecular weight is 262 g/mol. The topological polar surface area (TPSA) is 37.3 Å². The summed E-state index contributed by atoms with van der Waals surface area (Å²) < 4.78 is 0. The summed E-state index contributed by atoms with van der Waals surface area (Å²) >= 11 is 0. The van der Waals surface area contributed by atoms with Gasteiger partial charge < -0.3 is 5.11 Å². The molecule has 1 N–H and O–H groups in total. The smallest absolute Gasteiger partial charge is 0.335 e. The Hall–Kier alpha value is -2.61. The molecule has 2 nitrogen and oxygen atoms in total. The number of carboxylic acids is 1. The summed E-state index contributed by atoms with van der Waals surface area (Å²) in [4.78, 5) is 10.8. The molecular weight excluding hydrogens is 248 g/mol. The molecule has 0 spiro atoms. The van der Waals surface area contributed by atoms with E-state index in [4.69, 9.17) is 5.11 Å². The van der Waals surface area contributed by atoms with Crippen molar-refractivity contribution < 1.29 is 9.90 Å². The number of benzene rings is 3. The van der Waals surface area contributed by atoms with Crippen LogP contribution in [0.5, 0.6) is 0 Å². The summed E-state index contributed by atoms with van der Waals surface area (Å²) in [6, 6.07) is 21.7. The molecular formula is C18H14O2. The Balaban J connectivity index is 1.87. The van der Waals surface area contributed by atoms with Gasteiger partial charge in [0.15, 0.2) is 0 Å². The summed E-state index contributed by atoms with van der Waals surface area (Å²) in [5, 5.41) is 11.3. The van der Waals surface area contributed by atoms with Crippen LogP contribution in [0.3, 0.4) is 0 Å². The summed E-state index contributed by atoms with van der Waals surface area (Å²) in [7, 11) is 0. The van der Waals surface area contributed by atoms with E-state index in [1.54, 1.807) is 12.1 Å². The summed E-state index contributed by atoms with van der Waals surface area (Å²) in [6.07, 6.45) is 0.810. The molecule has 0 fully saturated rings. The first-order chi connectivity index (χ1) is 9.72. The minimum atomic E-state index is -0.887. The van der Waals surface area contributed by atoms with Crippen LogP contribution in [0.4, 0.5) is 0 Å². The summed E-state index contributed by atoms with van der Waals surface area (Å²) in [5.41, 5.74) is 2.67. The van der Waals surface area contributed by atoms with Crippen molar-refractivity contribution in [1.29, 1.82) is 0 Å². The molecule has 0 bridgehead atoms. The predicted molar refractivity (Wildman–Crippen MR) is 80.2 cm³/mol. The fraction of sp³-hybridized carbons (Fsp3) is 0.0556. The molecule has 0 atom stereocenters. The van der Waals surface area contributed by atoms with Gasteiger partial charge in [0.2, 0.25) is 0 Å². The van der Waals surface area contributed by atoms with Crippen molar-refractivity contribution in [3.05, 3.63) is 83.4 Å². The van der Waals surface area contributed by atoms with E-state index in [-0.39, 0.29) is 0 Å². The highest BCUT2D eigenvalue weighted by Crippen LogP contribution is 2.18. The summed E-state index contributed by atoms with van der Waals surface area (Å²) in [5.74, 6) is -0.887. The van der Waals surface area contributed by atoms with Crippen LogP contribution in [-0.4, -0.2) is 11.1 Å². The minimum absolute atomic E-state index is 0.326. The van der Waals surface area contributed by atoms with Gasteiger partial charge in [0.25, 0.3) is 0 Å². The first-order valence-electron chi connectivity index (χ1n) is 6.52. The van der Waals surface area contributed by atoms with E-state index >= 15 is 0 Å². The molecule has 0 radical (unpaired) electrons. The zero-order valence-corrected chi connectivity index (χ0v) is 10.9. The number of rotatable bonds is 3. The molecule has 0 aliphatic rings. The molecule has 0 amide bonds. The van der Waals surface area contributed by atoms with Crippen molar-refractivity contribution in [2.24, 2.45) is 0 Å². The van der Waals surface area contributed by atoms with Gasteiger partial charge in [0, 0.05) is 0 Å². The molecule has 0 aliphatic carbocycles. The molecule has 3 rings (SSSR count).